The van der Waals surface area contributed by atoms with E-state index in [1.165, 1.54) is 4.68 Å². The summed E-state index contributed by atoms with van der Waals surface area (Å²) in [5, 5.41) is 5.10. The van der Waals surface area contributed by atoms with Crippen LogP contribution in [0.2, 0.25) is 10.2 Å². The third kappa shape index (κ3) is 1.91. The van der Waals surface area contributed by atoms with Crippen LogP contribution in [0.3, 0.4) is 0 Å². The molecular weight excluding hydrogens is 235 g/mol. The molecule has 6 heteroatoms. The van der Waals surface area contributed by atoms with Crippen molar-refractivity contribution in [3.8, 4) is 5.82 Å². The van der Waals surface area contributed by atoms with Crippen LogP contribution in [0.15, 0.2) is 18.3 Å². The van der Waals surface area contributed by atoms with Crippen LogP contribution in [-0.4, -0.2) is 14.8 Å². The Kier molecular flexibility index (Phi) is 2.54. The zero-order chi connectivity index (χ0) is 11.0. The lowest BCUT2D eigenvalue weighted by Gasteiger charge is -2.03. The lowest BCUT2D eigenvalue weighted by Crippen LogP contribution is -2.03. The second kappa shape index (κ2) is 3.72. The van der Waals surface area contributed by atoms with Crippen molar-refractivity contribution in [2.24, 2.45) is 0 Å². The van der Waals surface area contributed by atoms with Crippen LogP contribution < -0.4 is 5.73 Å². The molecule has 0 aliphatic rings. The molecule has 0 fully saturated rings. The smallest absolute Gasteiger partial charge is 0.178 e. The Morgan fingerprint density at radius 3 is 2.67 bits per heavy atom. The Hall–Kier alpha value is -1.26. The number of hydrogen-bond acceptors (Lipinski definition) is 3. The lowest BCUT2D eigenvalue weighted by molar-refractivity contribution is 0.835. The molecule has 0 saturated carbocycles. The van der Waals surface area contributed by atoms with E-state index >= 15 is 0 Å². The predicted molar refractivity (Wildman–Crippen MR) is 60.5 cm³/mol. The van der Waals surface area contributed by atoms with Gasteiger partial charge in [-0.25, -0.2) is 9.67 Å². The fraction of sp³-hybridized carbons (Fsp3) is 0.111. The summed E-state index contributed by atoms with van der Waals surface area (Å²) >= 11 is 11.7. The Morgan fingerprint density at radius 2 is 2.07 bits per heavy atom. The van der Waals surface area contributed by atoms with E-state index in [2.05, 4.69) is 10.1 Å². The van der Waals surface area contributed by atoms with Gasteiger partial charge in [0.2, 0.25) is 0 Å². The monoisotopic (exact) mass is 242 g/mol. The van der Waals surface area contributed by atoms with Crippen molar-refractivity contribution >= 4 is 28.9 Å². The largest absolute Gasteiger partial charge is 0.396 e. The molecule has 2 rings (SSSR count). The SMILES string of the molecule is Cc1nn(-c2nc(Cl)ccc2N)cc1Cl. The minimum absolute atomic E-state index is 0.364. The first-order valence-electron chi connectivity index (χ1n) is 4.22. The number of pyridine rings is 1. The molecule has 0 bridgehead atoms. The maximum absolute atomic E-state index is 5.89. The summed E-state index contributed by atoms with van der Waals surface area (Å²) in [6.45, 7) is 1.81. The van der Waals surface area contributed by atoms with E-state index in [0.717, 1.165) is 5.69 Å². The number of nitrogen functional groups attached to an aromatic ring is 1. The van der Waals surface area contributed by atoms with Crippen LogP contribution in [0.25, 0.3) is 5.82 Å². The fourth-order valence-corrected chi connectivity index (χ4v) is 1.44. The molecule has 0 unspecified atom stereocenters. The number of aryl methyl sites for hydroxylation is 1. The molecule has 4 nitrogen and oxygen atoms in total. The van der Waals surface area contributed by atoms with E-state index in [1.54, 1.807) is 25.3 Å². The first kappa shape index (κ1) is 10.3. The van der Waals surface area contributed by atoms with Gasteiger partial charge in [-0.15, -0.1) is 0 Å². The summed E-state index contributed by atoms with van der Waals surface area (Å²) in [4.78, 5) is 4.08. The maximum Gasteiger partial charge on any atom is 0.178 e. The van der Waals surface area contributed by atoms with Gasteiger partial charge < -0.3 is 5.73 Å². The van der Waals surface area contributed by atoms with Gasteiger partial charge >= 0.3 is 0 Å². The first-order chi connectivity index (χ1) is 7.08. The third-order valence-corrected chi connectivity index (χ3v) is 2.51. The highest BCUT2D eigenvalue weighted by Gasteiger charge is 2.08. The molecule has 15 heavy (non-hydrogen) atoms. The van der Waals surface area contributed by atoms with Gasteiger partial charge in [-0.3, -0.25) is 0 Å². The van der Waals surface area contributed by atoms with Gasteiger partial charge in [0.15, 0.2) is 5.82 Å². The normalized spacial score (nSPS) is 10.6. The van der Waals surface area contributed by atoms with E-state index in [9.17, 15) is 0 Å². The molecule has 2 heterocycles. The standard InChI is InChI=1S/C9H8Cl2N4/c1-5-6(10)4-15(14-5)9-7(12)2-3-8(11)13-9/h2-4H,12H2,1H3. The molecular formula is C9H8Cl2N4. The highest BCUT2D eigenvalue weighted by atomic mass is 35.5. The summed E-state index contributed by atoms with van der Waals surface area (Å²) < 4.78 is 1.51. The molecule has 0 aliphatic heterocycles. The molecule has 2 N–H and O–H groups in total. The highest BCUT2D eigenvalue weighted by Crippen LogP contribution is 2.20. The van der Waals surface area contributed by atoms with Crippen molar-refractivity contribution in [2.45, 2.75) is 6.92 Å². The quantitative estimate of drug-likeness (QED) is 0.782. The molecule has 0 spiro atoms. The third-order valence-electron chi connectivity index (χ3n) is 1.93. The minimum atomic E-state index is 0.364. The number of aromatic nitrogens is 3. The van der Waals surface area contributed by atoms with Crippen LogP contribution in [0.1, 0.15) is 5.69 Å². The average molecular weight is 243 g/mol. The molecule has 0 amide bonds. The second-order valence-corrected chi connectivity index (χ2v) is 3.85. The van der Waals surface area contributed by atoms with E-state index in [0.29, 0.717) is 21.7 Å². The summed E-state index contributed by atoms with van der Waals surface area (Å²) in [7, 11) is 0. The molecule has 2 aromatic heterocycles. The lowest BCUT2D eigenvalue weighted by atomic mass is 10.4. The van der Waals surface area contributed by atoms with Crippen molar-refractivity contribution in [1.29, 1.82) is 0 Å². The maximum atomic E-state index is 5.89. The average Bonchev–Trinajstić information content (AvgIpc) is 2.51. The fourth-order valence-electron chi connectivity index (χ4n) is 1.17. The van der Waals surface area contributed by atoms with Crippen molar-refractivity contribution < 1.29 is 0 Å². The molecule has 0 aromatic carbocycles. The van der Waals surface area contributed by atoms with Crippen molar-refractivity contribution in [3.63, 3.8) is 0 Å². The molecule has 2 aromatic rings. The van der Waals surface area contributed by atoms with Gasteiger partial charge in [-0.1, -0.05) is 23.2 Å². The van der Waals surface area contributed by atoms with Crippen molar-refractivity contribution in [3.05, 3.63) is 34.2 Å². The van der Waals surface area contributed by atoms with E-state index < -0.39 is 0 Å². The van der Waals surface area contributed by atoms with Crippen molar-refractivity contribution in [2.75, 3.05) is 5.73 Å². The van der Waals surface area contributed by atoms with Crippen LogP contribution >= 0.6 is 23.2 Å². The number of rotatable bonds is 1. The predicted octanol–water partition coefficient (Wildman–Crippen LogP) is 2.46. The summed E-state index contributed by atoms with van der Waals surface area (Å²) in [5.41, 5.74) is 6.97. The van der Waals surface area contributed by atoms with Gasteiger partial charge in [-0.2, -0.15) is 5.10 Å². The van der Waals surface area contributed by atoms with Crippen LogP contribution in [0.5, 0.6) is 0 Å². The zero-order valence-electron chi connectivity index (χ0n) is 7.91. The van der Waals surface area contributed by atoms with E-state index in [1.807, 2.05) is 0 Å². The van der Waals surface area contributed by atoms with Crippen LogP contribution in [0.4, 0.5) is 5.69 Å². The first-order valence-corrected chi connectivity index (χ1v) is 4.97. The van der Waals surface area contributed by atoms with Gasteiger partial charge in [0, 0.05) is 0 Å². The summed E-state index contributed by atoms with van der Waals surface area (Å²) in [6, 6.07) is 3.30. The Balaban J connectivity index is 2.58. The van der Waals surface area contributed by atoms with Crippen LogP contribution in [0, 0.1) is 6.92 Å². The molecule has 0 saturated heterocycles. The molecule has 78 valence electrons. The Labute approximate surface area is 96.6 Å². The van der Waals surface area contributed by atoms with E-state index in [-0.39, 0.29) is 0 Å². The van der Waals surface area contributed by atoms with Gasteiger partial charge in [0.1, 0.15) is 5.15 Å². The van der Waals surface area contributed by atoms with Crippen LogP contribution in [-0.2, 0) is 0 Å². The number of nitrogens with zero attached hydrogens (tertiary/aromatic N) is 3. The topological polar surface area (TPSA) is 56.7 Å². The van der Waals surface area contributed by atoms with Crippen molar-refractivity contribution in [1.82, 2.24) is 14.8 Å². The Bertz CT molecular complexity index is 487. The van der Waals surface area contributed by atoms with Gasteiger partial charge in [-0.05, 0) is 19.1 Å². The number of hydrogen-bond donors (Lipinski definition) is 1. The number of nitrogens with two attached hydrogens (primary N) is 1. The van der Waals surface area contributed by atoms with Gasteiger partial charge in [0.05, 0.1) is 22.6 Å². The second-order valence-electron chi connectivity index (χ2n) is 3.05. The summed E-state index contributed by atoms with van der Waals surface area (Å²) in [5.74, 6) is 0.484. The zero-order valence-corrected chi connectivity index (χ0v) is 9.42. The van der Waals surface area contributed by atoms with E-state index in [4.69, 9.17) is 28.9 Å². The highest BCUT2D eigenvalue weighted by molar-refractivity contribution is 6.31. The molecule has 0 aliphatic carbocycles. The molecule has 0 radical (unpaired) electrons. The molecule has 0 atom stereocenters. The Morgan fingerprint density at radius 1 is 1.33 bits per heavy atom. The summed E-state index contributed by atoms with van der Waals surface area (Å²) in [6.07, 6.45) is 1.64. The number of anilines is 1. The minimum Gasteiger partial charge on any atom is -0.396 e. The van der Waals surface area contributed by atoms with Gasteiger partial charge in [0.25, 0.3) is 0 Å². The number of halogens is 2.